The van der Waals surface area contributed by atoms with Gasteiger partial charge in [0.15, 0.2) is 0 Å². The van der Waals surface area contributed by atoms with Gasteiger partial charge in [0, 0.05) is 12.1 Å². The normalized spacial score (nSPS) is 10.9. The minimum absolute atomic E-state index is 0.148. The molecule has 2 aromatic rings. The topological polar surface area (TPSA) is 73.9 Å². The van der Waals surface area contributed by atoms with Crippen molar-refractivity contribution in [2.75, 3.05) is 26.1 Å². The summed E-state index contributed by atoms with van der Waals surface area (Å²) in [6, 6.07) is 11.2. The predicted octanol–water partition coefficient (Wildman–Crippen LogP) is 2.51. The molecule has 0 fully saturated rings. The molecule has 0 spiro atoms. The molecule has 22 heavy (non-hydrogen) atoms. The Morgan fingerprint density at radius 1 is 0.864 bits per heavy atom. The first kappa shape index (κ1) is 16.0. The maximum atomic E-state index is 12.4. The molecule has 0 heterocycles. The predicted molar refractivity (Wildman–Crippen MR) is 83.3 cm³/mol. The third kappa shape index (κ3) is 3.25. The Labute approximate surface area is 129 Å². The number of nitrogens with one attached hydrogen (secondary N) is 1. The first-order valence-electron chi connectivity index (χ1n) is 6.39. The molecule has 0 aliphatic heterocycles. The van der Waals surface area contributed by atoms with Crippen LogP contribution in [0.25, 0.3) is 0 Å². The summed E-state index contributed by atoms with van der Waals surface area (Å²) in [6.45, 7) is 0. The van der Waals surface area contributed by atoms with Gasteiger partial charge in [0.05, 0.1) is 26.2 Å². The number of hydrogen-bond acceptors (Lipinski definition) is 5. The Kier molecular flexibility index (Phi) is 4.77. The van der Waals surface area contributed by atoms with E-state index in [1.807, 2.05) is 0 Å². The highest BCUT2D eigenvalue weighted by molar-refractivity contribution is 7.92. The Balaban J connectivity index is 2.49. The van der Waals surface area contributed by atoms with E-state index in [2.05, 4.69) is 4.72 Å². The van der Waals surface area contributed by atoms with Crippen LogP contribution >= 0.6 is 0 Å². The summed E-state index contributed by atoms with van der Waals surface area (Å²) in [4.78, 5) is 0.148. The van der Waals surface area contributed by atoms with Crippen molar-refractivity contribution in [3.05, 3.63) is 42.5 Å². The fourth-order valence-electron chi connectivity index (χ4n) is 1.90. The van der Waals surface area contributed by atoms with Gasteiger partial charge in [-0.2, -0.15) is 0 Å². The molecule has 0 atom stereocenters. The lowest BCUT2D eigenvalue weighted by Crippen LogP contribution is -2.14. The minimum Gasteiger partial charge on any atom is -0.496 e. The van der Waals surface area contributed by atoms with Crippen molar-refractivity contribution in [1.82, 2.24) is 0 Å². The Morgan fingerprint density at radius 2 is 1.41 bits per heavy atom. The van der Waals surface area contributed by atoms with Gasteiger partial charge in [-0.1, -0.05) is 18.2 Å². The molecule has 0 unspecified atom stereocenters. The summed E-state index contributed by atoms with van der Waals surface area (Å²) in [5, 5.41) is 0. The highest BCUT2D eigenvalue weighted by atomic mass is 32.2. The molecule has 0 bridgehead atoms. The zero-order valence-electron chi connectivity index (χ0n) is 12.5. The molecule has 2 aromatic carbocycles. The smallest absolute Gasteiger partial charge is 0.262 e. The summed E-state index contributed by atoms with van der Waals surface area (Å²) in [7, 11) is 0.631. The standard InChI is InChI=1S/C15H17NO5S/c1-19-11-9-13(20-2)15(14(10-11)21-3)16-22(17,18)12-7-5-4-6-8-12/h4-10,16H,1-3H3. The largest absolute Gasteiger partial charge is 0.496 e. The molecule has 0 radical (unpaired) electrons. The van der Waals surface area contributed by atoms with E-state index in [1.54, 1.807) is 30.3 Å². The van der Waals surface area contributed by atoms with Gasteiger partial charge in [0.2, 0.25) is 0 Å². The molecule has 0 saturated carbocycles. The van der Waals surface area contributed by atoms with E-state index < -0.39 is 10.0 Å². The molecule has 0 aromatic heterocycles. The van der Waals surface area contributed by atoms with Gasteiger partial charge in [-0.3, -0.25) is 4.72 Å². The summed E-state index contributed by atoms with van der Waals surface area (Å²) in [6.07, 6.45) is 0. The van der Waals surface area contributed by atoms with Gasteiger partial charge >= 0.3 is 0 Å². The molecule has 0 aliphatic carbocycles. The van der Waals surface area contributed by atoms with E-state index >= 15 is 0 Å². The van der Waals surface area contributed by atoms with Crippen molar-refractivity contribution in [1.29, 1.82) is 0 Å². The van der Waals surface area contributed by atoms with Gasteiger partial charge in [0.1, 0.15) is 22.9 Å². The fraction of sp³-hybridized carbons (Fsp3) is 0.200. The Bertz CT molecular complexity index is 719. The van der Waals surface area contributed by atoms with Gasteiger partial charge in [-0.25, -0.2) is 8.42 Å². The number of ether oxygens (including phenoxy) is 3. The lowest BCUT2D eigenvalue weighted by Gasteiger charge is -2.16. The van der Waals surface area contributed by atoms with Gasteiger partial charge < -0.3 is 14.2 Å². The zero-order valence-corrected chi connectivity index (χ0v) is 13.3. The average Bonchev–Trinajstić information content (AvgIpc) is 2.55. The van der Waals surface area contributed by atoms with Gasteiger partial charge in [-0.15, -0.1) is 0 Å². The average molecular weight is 323 g/mol. The van der Waals surface area contributed by atoms with Crippen LogP contribution in [0.2, 0.25) is 0 Å². The highest BCUT2D eigenvalue weighted by Gasteiger charge is 2.20. The second-order valence-corrected chi connectivity index (χ2v) is 6.01. The third-order valence-electron chi connectivity index (χ3n) is 3.00. The quantitative estimate of drug-likeness (QED) is 0.884. The van der Waals surface area contributed by atoms with Gasteiger partial charge in [0.25, 0.3) is 10.0 Å². The maximum absolute atomic E-state index is 12.4. The van der Waals surface area contributed by atoms with Crippen LogP contribution < -0.4 is 18.9 Å². The van der Waals surface area contributed by atoms with E-state index in [4.69, 9.17) is 14.2 Å². The fourth-order valence-corrected chi connectivity index (χ4v) is 3.00. The number of methoxy groups -OCH3 is 3. The molecule has 1 N–H and O–H groups in total. The van der Waals surface area contributed by atoms with E-state index in [-0.39, 0.29) is 10.6 Å². The lowest BCUT2D eigenvalue weighted by molar-refractivity contribution is 0.378. The summed E-state index contributed by atoms with van der Waals surface area (Å²) >= 11 is 0. The number of benzene rings is 2. The van der Waals surface area contributed by atoms with Crippen molar-refractivity contribution in [3.8, 4) is 17.2 Å². The SMILES string of the molecule is COc1cc(OC)c(NS(=O)(=O)c2ccccc2)c(OC)c1. The highest BCUT2D eigenvalue weighted by Crippen LogP contribution is 2.40. The maximum Gasteiger partial charge on any atom is 0.262 e. The first-order chi connectivity index (χ1) is 10.5. The van der Waals surface area contributed by atoms with Crippen LogP contribution in [0.15, 0.2) is 47.4 Å². The summed E-state index contributed by atoms with van der Waals surface area (Å²) in [5.41, 5.74) is 0.217. The van der Waals surface area contributed by atoms with Gasteiger partial charge in [-0.05, 0) is 12.1 Å². The minimum atomic E-state index is -3.75. The Hall–Kier alpha value is -2.41. The monoisotopic (exact) mass is 323 g/mol. The number of anilines is 1. The van der Waals surface area contributed by atoms with Crippen LogP contribution in [0.5, 0.6) is 17.2 Å². The molecule has 0 aliphatic rings. The van der Waals surface area contributed by atoms with Crippen LogP contribution in [0.3, 0.4) is 0 Å². The number of rotatable bonds is 6. The molecule has 7 heteroatoms. The molecule has 118 valence electrons. The molecule has 2 rings (SSSR count). The molecule has 0 amide bonds. The number of sulfonamides is 1. The van der Waals surface area contributed by atoms with Crippen molar-refractivity contribution < 1.29 is 22.6 Å². The molecule has 6 nitrogen and oxygen atoms in total. The Morgan fingerprint density at radius 3 is 1.86 bits per heavy atom. The van der Waals surface area contributed by atoms with E-state index in [9.17, 15) is 8.42 Å². The second-order valence-electron chi connectivity index (χ2n) is 4.33. The third-order valence-corrected chi connectivity index (χ3v) is 4.37. The van der Waals surface area contributed by atoms with Crippen molar-refractivity contribution in [2.45, 2.75) is 4.90 Å². The van der Waals surface area contributed by atoms with Crippen LogP contribution in [0.4, 0.5) is 5.69 Å². The lowest BCUT2D eigenvalue weighted by atomic mass is 10.2. The first-order valence-corrected chi connectivity index (χ1v) is 7.88. The van der Waals surface area contributed by atoms with E-state index in [0.29, 0.717) is 17.2 Å². The zero-order chi connectivity index (χ0) is 16.2. The van der Waals surface area contributed by atoms with E-state index in [1.165, 1.54) is 33.5 Å². The molecular weight excluding hydrogens is 306 g/mol. The van der Waals surface area contributed by atoms with E-state index in [0.717, 1.165) is 0 Å². The van der Waals surface area contributed by atoms with Crippen LogP contribution in [-0.2, 0) is 10.0 Å². The second kappa shape index (κ2) is 6.57. The molecule has 0 saturated heterocycles. The number of hydrogen-bond donors (Lipinski definition) is 1. The van der Waals surface area contributed by atoms with Crippen LogP contribution in [0.1, 0.15) is 0 Å². The van der Waals surface area contributed by atoms with Crippen LogP contribution in [-0.4, -0.2) is 29.7 Å². The van der Waals surface area contributed by atoms with Crippen molar-refractivity contribution >= 4 is 15.7 Å². The summed E-state index contributed by atoms with van der Waals surface area (Å²) < 4.78 is 43.0. The van der Waals surface area contributed by atoms with Crippen molar-refractivity contribution in [3.63, 3.8) is 0 Å². The van der Waals surface area contributed by atoms with Crippen molar-refractivity contribution in [2.24, 2.45) is 0 Å². The summed E-state index contributed by atoms with van der Waals surface area (Å²) in [5.74, 6) is 1.10. The van der Waals surface area contributed by atoms with Crippen LogP contribution in [0, 0.1) is 0 Å². The molecular formula is C15H17NO5S.